The van der Waals surface area contributed by atoms with E-state index >= 15 is 0 Å². The fourth-order valence-corrected chi connectivity index (χ4v) is 2.82. The van der Waals surface area contributed by atoms with Gasteiger partial charge in [0.15, 0.2) is 0 Å². The predicted octanol–water partition coefficient (Wildman–Crippen LogP) is 4.89. The van der Waals surface area contributed by atoms with Gasteiger partial charge in [0.2, 0.25) is 0 Å². The van der Waals surface area contributed by atoms with Crippen molar-refractivity contribution < 1.29 is 17.0 Å². The SMILES string of the molecule is CCCC(C)Br.CCCC(C)c1ccc(C)cc1.Cc1cc[c-]cc1.[Br-].[Mg+2]. The van der Waals surface area contributed by atoms with Gasteiger partial charge in [0.25, 0.3) is 0 Å². The summed E-state index contributed by atoms with van der Waals surface area (Å²) in [5.74, 6) is 0.718. The van der Waals surface area contributed by atoms with Crippen molar-refractivity contribution in [2.45, 2.75) is 78.0 Å². The molecular formula is C24H36Br2Mg. The van der Waals surface area contributed by atoms with E-state index in [2.05, 4.69) is 87.8 Å². The van der Waals surface area contributed by atoms with Gasteiger partial charge in [-0.2, -0.15) is 35.9 Å². The van der Waals surface area contributed by atoms with E-state index in [1.165, 1.54) is 42.4 Å². The van der Waals surface area contributed by atoms with E-state index < -0.39 is 0 Å². The van der Waals surface area contributed by atoms with E-state index in [0.717, 1.165) is 5.92 Å². The Morgan fingerprint density at radius 1 is 0.815 bits per heavy atom. The van der Waals surface area contributed by atoms with Gasteiger partial charge >= 0.3 is 23.1 Å². The Bertz CT molecular complexity index is 524. The third-order valence-corrected chi connectivity index (χ3v) is 4.40. The molecule has 2 aromatic rings. The van der Waals surface area contributed by atoms with E-state index in [-0.39, 0.29) is 40.0 Å². The van der Waals surface area contributed by atoms with Crippen molar-refractivity contribution in [3.8, 4) is 0 Å². The maximum atomic E-state index is 3.43. The molecule has 0 heterocycles. The second-order valence-electron chi connectivity index (χ2n) is 6.75. The Balaban J connectivity index is -0.000000333. The van der Waals surface area contributed by atoms with E-state index in [4.69, 9.17) is 0 Å². The van der Waals surface area contributed by atoms with E-state index in [1.807, 2.05) is 24.3 Å². The molecule has 0 nitrogen and oxygen atoms in total. The smallest absolute Gasteiger partial charge is 1.00 e. The Morgan fingerprint density at radius 3 is 1.56 bits per heavy atom. The van der Waals surface area contributed by atoms with Gasteiger partial charge in [0.05, 0.1) is 0 Å². The first-order chi connectivity index (χ1) is 11.9. The maximum Gasteiger partial charge on any atom is 2.00 e. The summed E-state index contributed by atoms with van der Waals surface area (Å²) >= 11 is 3.43. The standard InChI is InChI=1S/C12H18.C7H7.C5H11Br.BrH.Mg/c1-4-5-11(3)12-8-6-10(2)7-9-12;1-7-5-3-2-4-6-7;1-3-4-5(2)6;;/h6-9,11H,4-5H2,1-3H3;3-6H,1H3;5H,3-4H2,1-2H3;1H;/q;-1;;;+2/p-1. The normalized spacial score (nSPS) is 11.2. The average molecular weight is 509 g/mol. The van der Waals surface area contributed by atoms with Crippen LogP contribution in [0.5, 0.6) is 0 Å². The van der Waals surface area contributed by atoms with Crippen molar-refractivity contribution in [2.75, 3.05) is 0 Å². The van der Waals surface area contributed by atoms with E-state index in [1.54, 1.807) is 0 Å². The van der Waals surface area contributed by atoms with Gasteiger partial charge in [-0.1, -0.05) is 93.2 Å². The minimum Gasteiger partial charge on any atom is -1.00 e. The quantitative estimate of drug-likeness (QED) is 0.307. The molecule has 0 radical (unpaired) electrons. The average Bonchev–Trinajstić information content (AvgIpc) is 2.57. The summed E-state index contributed by atoms with van der Waals surface area (Å²) in [6.45, 7) is 13.1. The minimum absolute atomic E-state index is 0. The zero-order valence-electron chi connectivity index (χ0n) is 18.1. The molecule has 148 valence electrons. The van der Waals surface area contributed by atoms with Gasteiger partial charge in [0, 0.05) is 4.83 Å². The van der Waals surface area contributed by atoms with Gasteiger partial charge in [-0.05, 0) is 31.2 Å². The molecule has 3 heteroatoms. The molecule has 0 fully saturated rings. The summed E-state index contributed by atoms with van der Waals surface area (Å²) < 4.78 is 0. The van der Waals surface area contributed by atoms with Crippen LogP contribution < -0.4 is 17.0 Å². The maximum absolute atomic E-state index is 3.43. The summed E-state index contributed by atoms with van der Waals surface area (Å²) in [5, 5.41) is 0. The number of rotatable bonds is 5. The van der Waals surface area contributed by atoms with Crippen molar-refractivity contribution in [3.05, 3.63) is 71.3 Å². The fraction of sp³-hybridized carbons (Fsp3) is 0.500. The van der Waals surface area contributed by atoms with Crippen molar-refractivity contribution in [2.24, 2.45) is 0 Å². The fourth-order valence-electron chi connectivity index (χ4n) is 2.36. The number of benzene rings is 2. The first-order valence-corrected chi connectivity index (χ1v) is 10.5. The van der Waals surface area contributed by atoms with Gasteiger partial charge in [-0.15, -0.1) is 0 Å². The molecule has 2 unspecified atom stereocenters. The van der Waals surface area contributed by atoms with Crippen molar-refractivity contribution >= 4 is 39.0 Å². The molecule has 2 aromatic carbocycles. The first-order valence-electron chi connectivity index (χ1n) is 9.54. The van der Waals surface area contributed by atoms with Gasteiger partial charge in [0.1, 0.15) is 0 Å². The van der Waals surface area contributed by atoms with Gasteiger partial charge < -0.3 is 17.0 Å². The third kappa shape index (κ3) is 19.3. The summed E-state index contributed by atoms with van der Waals surface area (Å²) in [6.07, 6.45) is 5.14. The minimum atomic E-state index is 0. The Hall–Kier alpha value is 0.166. The molecular weight excluding hydrogens is 472 g/mol. The van der Waals surface area contributed by atoms with Crippen LogP contribution in [0, 0.1) is 19.9 Å². The molecule has 2 rings (SSSR count). The monoisotopic (exact) mass is 506 g/mol. The molecule has 0 bridgehead atoms. The molecule has 27 heavy (non-hydrogen) atoms. The van der Waals surface area contributed by atoms with Crippen LogP contribution in [0.2, 0.25) is 0 Å². The topological polar surface area (TPSA) is 0 Å². The number of aryl methyl sites for hydroxylation is 2. The van der Waals surface area contributed by atoms with Crippen LogP contribution in [0.4, 0.5) is 0 Å². The summed E-state index contributed by atoms with van der Waals surface area (Å²) in [6, 6.07) is 19.7. The predicted molar refractivity (Wildman–Crippen MR) is 124 cm³/mol. The summed E-state index contributed by atoms with van der Waals surface area (Å²) in [7, 11) is 0. The van der Waals surface area contributed by atoms with E-state index in [9.17, 15) is 0 Å². The Kier molecular flexibility index (Phi) is 24.6. The van der Waals surface area contributed by atoms with Crippen LogP contribution >= 0.6 is 15.9 Å². The second kappa shape index (κ2) is 20.9. The number of halogens is 2. The number of hydrogen-bond acceptors (Lipinski definition) is 0. The molecule has 0 aliphatic carbocycles. The second-order valence-corrected chi connectivity index (χ2v) is 8.31. The molecule has 0 saturated carbocycles. The molecule has 0 spiro atoms. The van der Waals surface area contributed by atoms with Crippen LogP contribution in [0.3, 0.4) is 0 Å². The van der Waals surface area contributed by atoms with Crippen molar-refractivity contribution in [3.63, 3.8) is 0 Å². The molecule has 0 aromatic heterocycles. The van der Waals surface area contributed by atoms with Crippen molar-refractivity contribution in [1.29, 1.82) is 0 Å². The van der Waals surface area contributed by atoms with Gasteiger partial charge in [-0.3, -0.25) is 0 Å². The molecule has 2 atom stereocenters. The van der Waals surface area contributed by atoms with Crippen LogP contribution in [-0.4, -0.2) is 27.9 Å². The molecule has 0 aliphatic heterocycles. The summed E-state index contributed by atoms with van der Waals surface area (Å²) in [4.78, 5) is 0.711. The van der Waals surface area contributed by atoms with Crippen molar-refractivity contribution in [1.82, 2.24) is 0 Å². The van der Waals surface area contributed by atoms with Crippen LogP contribution in [0.25, 0.3) is 0 Å². The third-order valence-electron chi connectivity index (χ3n) is 3.94. The number of alkyl halides is 1. The molecule has 0 aliphatic rings. The van der Waals surface area contributed by atoms with Crippen LogP contribution in [0.15, 0.2) is 48.5 Å². The zero-order chi connectivity index (χ0) is 19.1. The van der Waals surface area contributed by atoms with Crippen LogP contribution in [0.1, 0.15) is 76.0 Å². The molecule has 0 amide bonds. The molecule has 0 N–H and O–H groups in total. The number of hydrogen-bond donors (Lipinski definition) is 0. The Morgan fingerprint density at radius 2 is 1.26 bits per heavy atom. The summed E-state index contributed by atoms with van der Waals surface area (Å²) in [5.41, 5.74) is 4.11. The van der Waals surface area contributed by atoms with Crippen LogP contribution in [-0.2, 0) is 0 Å². The Labute approximate surface area is 204 Å². The van der Waals surface area contributed by atoms with Gasteiger partial charge in [-0.25, -0.2) is 0 Å². The zero-order valence-corrected chi connectivity index (χ0v) is 22.7. The molecule has 0 saturated heterocycles. The first kappa shape index (κ1) is 31.8. The van der Waals surface area contributed by atoms with E-state index in [0.29, 0.717) is 4.83 Å². The largest absolute Gasteiger partial charge is 2.00 e.